The summed E-state index contributed by atoms with van der Waals surface area (Å²) in [5.41, 5.74) is 0.655. The number of urea groups is 1. The zero-order valence-electron chi connectivity index (χ0n) is 9.48. The Hall–Kier alpha value is -2.18. The van der Waals surface area contributed by atoms with Gasteiger partial charge >= 0.3 is 12.6 Å². The molecule has 2 amide bonds. The van der Waals surface area contributed by atoms with Gasteiger partial charge in [-0.25, -0.2) is 4.79 Å². The molecular weight excluding hydrogens is 244 g/mol. The largest absolute Gasteiger partial charge is 0.435 e. The molecular formula is C11H11F2N3O2. The first-order valence-corrected chi connectivity index (χ1v) is 5.16. The van der Waals surface area contributed by atoms with E-state index in [2.05, 4.69) is 10.1 Å². The predicted molar refractivity (Wildman–Crippen MR) is 59.8 cm³/mol. The number of hydrogen-bond acceptors (Lipinski definition) is 3. The molecule has 0 spiro atoms. The molecule has 2 N–H and O–H groups in total. The van der Waals surface area contributed by atoms with Gasteiger partial charge in [0.1, 0.15) is 17.6 Å². The number of hydrogen-bond donors (Lipinski definition) is 2. The van der Waals surface area contributed by atoms with E-state index in [0.29, 0.717) is 5.56 Å². The molecule has 18 heavy (non-hydrogen) atoms. The van der Waals surface area contributed by atoms with Gasteiger partial charge in [-0.3, -0.25) is 10.7 Å². The lowest BCUT2D eigenvalue weighted by Crippen LogP contribution is -2.25. The smallest absolute Gasteiger partial charge is 0.387 e. The fraction of sp³-hybridized carbons (Fsp3) is 0.273. The molecule has 1 aromatic carbocycles. The minimum absolute atomic E-state index is 0.0419. The third-order valence-corrected chi connectivity index (χ3v) is 2.64. The molecule has 96 valence electrons. The van der Waals surface area contributed by atoms with Crippen LogP contribution in [-0.2, 0) is 0 Å². The number of carbonyl (C=O) groups excluding carboxylic acids is 1. The van der Waals surface area contributed by atoms with E-state index in [1.165, 1.54) is 17.0 Å². The lowest BCUT2D eigenvalue weighted by atomic mass is 10.1. The van der Waals surface area contributed by atoms with Crippen LogP contribution in [0.4, 0.5) is 13.6 Å². The molecule has 1 aromatic rings. The van der Waals surface area contributed by atoms with Crippen LogP contribution in [0.5, 0.6) is 5.75 Å². The fourth-order valence-electron chi connectivity index (χ4n) is 1.80. The Bertz CT molecular complexity index is 476. The molecule has 1 fully saturated rings. The number of alkyl halides is 2. The highest BCUT2D eigenvalue weighted by Gasteiger charge is 2.33. The van der Waals surface area contributed by atoms with Gasteiger partial charge in [-0.2, -0.15) is 8.78 Å². The molecule has 2 rings (SSSR count). The van der Waals surface area contributed by atoms with Crippen molar-refractivity contribution >= 4 is 11.9 Å². The number of nitrogens with zero attached hydrogens (tertiary/aromatic N) is 1. The molecule has 0 aromatic heterocycles. The van der Waals surface area contributed by atoms with Crippen molar-refractivity contribution in [3.63, 3.8) is 0 Å². The summed E-state index contributed by atoms with van der Waals surface area (Å²) in [6, 6.07) is 4.98. The molecule has 1 atom stereocenters. The third kappa shape index (κ3) is 2.24. The topological polar surface area (TPSA) is 65.4 Å². The number of carbonyl (C=O) groups is 1. The van der Waals surface area contributed by atoms with Crippen molar-refractivity contribution in [3.8, 4) is 5.75 Å². The highest BCUT2D eigenvalue weighted by atomic mass is 19.3. The van der Waals surface area contributed by atoms with Gasteiger partial charge < -0.3 is 9.64 Å². The summed E-state index contributed by atoms with van der Waals surface area (Å²) >= 11 is 0. The van der Waals surface area contributed by atoms with E-state index >= 15 is 0 Å². The summed E-state index contributed by atoms with van der Waals surface area (Å²) < 4.78 is 28.2. The van der Waals surface area contributed by atoms with Gasteiger partial charge in [0.25, 0.3) is 0 Å². The van der Waals surface area contributed by atoms with Crippen molar-refractivity contribution in [3.05, 3.63) is 29.8 Å². The number of amides is 2. The number of ether oxygens (including phenoxy) is 1. The van der Waals surface area contributed by atoms with Crippen molar-refractivity contribution in [1.82, 2.24) is 10.2 Å². The van der Waals surface area contributed by atoms with Gasteiger partial charge in [-0.1, -0.05) is 12.1 Å². The molecule has 7 heteroatoms. The van der Waals surface area contributed by atoms with Gasteiger partial charge in [-0.15, -0.1) is 0 Å². The monoisotopic (exact) mass is 255 g/mol. The van der Waals surface area contributed by atoms with Crippen molar-refractivity contribution in [2.75, 3.05) is 7.05 Å². The molecule has 1 saturated heterocycles. The van der Waals surface area contributed by atoms with Crippen LogP contribution in [0.3, 0.4) is 0 Å². The van der Waals surface area contributed by atoms with E-state index in [4.69, 9.17) is 5.41 Å². The van der Waals surface area contributed by atoms with Crippen molar-refractivity contribution in [2.45, 2.75) is 12.7 Å². The van der Waals surface area contributed by atoms with Gasteiger partial charge in [-0.05, 0) is 17.7 Å². The summed E-state index contributed by atoms with van der Waals surface area (Å²) in [6.07, 6.45) is 0. The molecule has 1 aliphatic rings. The third-order valence-electron chi connectivity index (χ3n) is 2.64. The Morgan fingerprint density at radius 2 is 2.00 bits per heavy atom. The summed E-state index contributed by atoms with van der Waals surface area (Å²) in [5, 5.41) is 10.0. The van der Waals surface area contributed by atoms with Crippen molar-refractivity contribution < 1.29 is 18.3 Å². The van der Waals surface area contributed by atoms with E-state index in [9.17, 15) is 13.6 Å². The van der Waals surface area contributed by atoms with Crippen LogP contribution in [-0.4, -0.2) is 30.4 Å². The average Bonchev–Trinajstić information content (AvgIpc) is 2.54. The molecule has 5 nitrogen and oxygen atoms in total. The number of likely N-dealkylation sites (N-methyl/N-ethyl adjacent to an activating group) is 1. The minimum Gasteiger partial charge on any atom is -0.435 e. The Labute approximate surface area is 102 Å². The van der Waals surface area contributed by atoms with Crippen LogP contribution in [0, 0.1) is 5.41 Å². The number of nitrogens with one attached hydrogen (secondary N) is 2. The Balaban J connectivity index is 2.19. The van der Waals surface area contributed by atoms with E-state index < -0.39 is 12.7 Å². The molecule has 1 heterocycles. The number of benzene rings is 1. The molecule has 0 aliphatic carbocycles. The summed E-state index contributed by atoms with van der Waals surface area (Å²) in [7, 11) is 1.56. The van der Waals surface area contributed by atoms with Gasteiger partial charge in [0, 0.05) is 7.05 Å². The maximum atomic E-state index is 12.0. The SMILES string of the molecule is CN1C(=O)NC(=N)C1c1ccc(OC(F)F)cc1. The van der Waals surface area contributed by atoms with Crippen LogP contribution in [0.25, 0.3) is 0 Å². The second kappa shape index (κ2) is 4.59. The molecule has 0 saturated carbocycles. The molecule has 1 unspecified atom stereocenters. The highest BCUT2D eigenvalue weighted by molar-refractivity contribution is 6.05. The first-order chi connectivity index (χ1) is 8.49. The van der Waals surface area contributed by atoms with Gasteiger partial charge in [0.15, 0.2) is 0 Å². The number of halogens is 2. The second-order valence-corrected chi connectivity index (χ2v) is 3.80. The van der Waals surface area contributed by atoms with Crippen LogP contribution >= 0.6 is 0 Å². The first-order valence-electron chi connectivity index (χ1n) is 5.16. The van der Waals surface area contributed by atoms with E-state index in [0.717, 1.165) is 0 Å². The normalized spacial score (nSPS) is 19.3. The van der Waals surface area contributed by atoms with Crippen molar-refractivity contribution in [1.29, 1.82) is 5.41 Å². The molecule has 0 radical (unpaired) electrons. The van der Waals surface area contributed by atoms with Crippen LogP contribution < -0.4 is 10.1 Å². The van der Waals surface area contributed by atoms with Crippen LogP contribution in [0.2, 0.25) is 0 Å². The fourth-order valence-corrected chi connectivity index (χ4v) is 1.80. The van der Waals surface area contributed by atoms with Crippen LogP contribution in [0.15, 0.2) is 24.3 Å². The summed E-state index contributed by atoms with van der Waals surface area (Å²) in [4.78, 5) is 12.7. The lowest BCUT2D eigenvalue weighted by molar-refractivity contribution is -0.0498. The van der Waals surface area contributed by atoms with E-state index in [1.54, 1.807) is 19.2 Å². The summed E-state index contributed by atoms with van der Waals surface area (Å²) in [5.74, 6) is 0.102. The lowest BCUT2D eigenvalue weighted by Gasteiger charge is -2.18. The zero-order valence-corrected chi connectivity index (χ0v) is 9.48. The average molecular weight is 255 g/mol. The molecule has 0 bridgehead atoms. The first kappa shape index (κ1) is 12.3. The Morgan fingerprint density at radius 3 is 2.44 bits per heavy atom. The Morgan fingerprint density at radius 1 is 1.39 bits per heavy atom. The maximum absolute atomic E-state index is 12.0. The highest BCUT2D eigenvalue weighted by Crippen LogP contribution is 2.26. The van der Waals surface area contributed by atoms with Gasteiger partial charge in [0.05, 0.1) is 0 Å². The van der Waals surface area contributed by atoms with Crippen molar-refractivity contribution in [2.24, 2.45) is 0 Å². The second-order valence-electron chi connectivity index (χ2n) is 3.80. The minimum atomic E-state index is -2.87. The Kier molecular flexibility index (Phi) is 3.14. The standard InChI is InChI=1S/C11H11F2N3O2/c1-16-8(9(14)15-11(16)17)6-2-4-7(5-3-6)18-10(12)13/h2-5,8,10H,1H3,(H2,14,15,17). The maximum Gasteiger partial charge on any atom is 0.387 e. The number of rotatable bonds is 3. The van der Waals surface area contributed by atoms with Crippen LogP contribution in [0.1, 0.15) is 11.6 Å². The molecule has 1 aliphatic heterocycles. The number of amidine groups is 1. The predicted octanol–water partition coefficient (Wildman–Crippen LogP) is 1.96. The zero-order chi connectivity index (χ0) is 13.3. The van der Waals surface area contributed by atoms with Gasteiger partial charge in [0.2, 0.25) is 0 Å². The quantitative estimate of drug-likeness (QED) is 0.867. The van der Waals surface area contributed by atoms with E-state index in [-0.39, 0.29) is 17.6 Å². The summed E-state index contributed by atoms with van der Waals surface area (Å²) in [6.45, 7) is -2.87. The van der Waals surface area contributed by atoms with E-state index in [1.807, 2.05) is 0 Å².